The molecule has 1 aromatic rings. The molecule has 0 amide bonds. The summed E-state index contributed by atoms with van der Waals surface area (Å²) in [7, 11) is 0. The number of halogens is 2. The van der Waals surface area contributed by atoms with E-state index in [-0.39, 0.29) is 19.6 Å². The van der Waals surface area contributed by atoms with Crippen LogP contribution >= 0.6 is 27.5 Å². The van der Waals surface area contributed by atoms with E-state index in [2.05, 4.69) is 15.9 Å². The molecule has 4 atom stereocenters. The Bertz CT molecular complexity index is 861. The van der Waals surface area contributed by atoms with Gasteiger partial charge in [-0.05, 0) is 17.7 Å². The fourth-order valence-corrected chi connectivity index (χ4v) is 4.60. The lowest BCUT2D eigenvalue weighted by molar-refractivity contribution is -0.308. The number of carbonyl (C=O) groups is 3. The molecule has 2 fully saturated rings. The molecule has 2 aliphatic heterocycles. The minimum atomic E-state index is -1.56. The molecule has 0 saturated carbocycles. The SMILES string of the molecule is CC(=O)OC[C@@]12CO[C@@](c3ccc(Cl)c(CBr)c3)(O1)[C@H](OC(C)=O)[C@@H](OC(C)=O)C2. The van der Waals surface area contributed by atoms with E-state index < -0.39 is 41.5 Å². The number of esters is 3. The predicted molar refractivity (Wildman–Crippen MR) is 108 cm³/mol. The van der Waals surface area contributed by atoms with Crippen LogP contribution in [0.4, 0.5) is 0 Å². The van der Waals surface area contributed by atoms with Gasteiger partial charge < -0.3 is 23.7 Å². The van der Waals surface area contributed by atoms with Crippen molar-refractivity contribution in [3.63, 3.8) is 0 Å². The summed E-state index contributed by atoms with van der Waals surface area (Å²) in [6.07, 6.45) is -1.82. The smallest absolute Gasteiger partial charge is 0.303 e. The minimum Gasteiger partial charge on any atom is -0.463 e. The molecule has 8 nitrogen and oxygen atoms in total. The van der Waals surface area contributed by atoms with Crippen molar-refractivity contribution >= 4 is 45.4 Å². The molecule has 0 aliphatic carbocycles. The molecule has 0 radical (unpaired) electrons. The second-order valence-electron chi connectivity index (χ2n) is 7.34. The van der Waals surface area contributed by atoms with Crippen LogP contribution in [0.3, 0.4) is 0 Å². The Morgan fingerprint density at radius 1 is 1.17 bits per heavy atom. The van der Waals surface area contributed by atoms with Gasteiger partial charge in [0.25, 0.3) is 0 Å². The zero-order valence-corrected chi connectivity index (χ0v) is 19.1. The van der Waals surface area contributed by atoms with Gasteiger partial charge in [0, 0.05) is 43.1 Å². The number of hydrogen-bond acceptors (Lipinski definition) is 8. The second-order valence-corrected chi connectivity index (χ2v) is 8.31. The topological polar surface area (TPSA) is 97.4 Å². The van der Waals surface area contributed by atoms with E-state index in [1.807, 2.05) is 0 Å². The van der Waals surface area contributed by atoms with E-state index in [0.29, 0.717) is 15.9 Å². The Kier molecular flexibility index (Phi) is 6.76. The molecular weight excluding hydrogens is 484 g/mol. The number of rotatable bonds is 6. The van der Waals surface area contributed by atoms with Crippen molar-refractivity contribution in [2.75, 3.05) is 13.2 Å². The minimum absolute atomic E-state index is 0.0437. The van der Waals surface area contributed by atoms with Crippen molar-refractivity contribution in [3.05, 3.63) is 34.3 Å². The van der Waals surface area contributed by atoms with Crippen LogP contribution < -0.4 is 0 Å². The van der Waals surface area contributed by atoms with Gasteiger partial charge in [-0.15, -0.1) is 0 Å². The Labute approximate surface area is 187 Å². The van der Waals surface area contributed by atoms with Gasteiger partial charge >= 0.3 is 17.9 Å². The third-order valence-corrected chi connectivity index (χ3v) is 5.92. The Morgan fingerprint density at radius 2 is 1.87 bits per heavy atom. The second kappa shape index (κ2) is 8.82. The lowest BCUT2D eigenvalue weighted by Gasteiger charge is -2.45. The fourth-order valence-electron chi connectivity index (χ4n) is 3.79. The summed E-state index contributed by atoms with van der Waals surface area (Å²) in [5.41, 5.74) is 0.231. The average Bonchev–Trinajstić information content (AvgIpc) is 2.99. The molecular formula is C20H22BrClO8. The van der Waals surface area contributed by atoms with Gasteiger partial charge in [-0.3, -0.25) is 14.4 Å². The Morgan fingerprint density at radius 3 is 2.47 bits per heavy atom. The van der Waals surface area contributed by atoms with Crippen molar-refractivity contribution < 1.29 is 38.1 Å². The molecule has 2 heterocycles. The lowest BCUT2D eigenvalue weighted by atomic mass is 9.85. The molecule has 0 spiro atoms. The van der Waals surface area contributed by atoms with E-state index in [0.717, 1.165) is 5.56 Å². The summed E-state index contributed by atoms with van der Waals surface area (Å²) in [4.78, 5) is 35.1. The quantitative estimate of drug-likeness (QED) is 0.331. The molecule has 1 aromatic carbocycles. The highest BCUT2D eigenvalue weighted by Crippen LogP contribution is 2.52. The Balaban J connectivity index is 2.10. The van der Waals surface area contributed by atoms with Crippen molar-refractivity contribution in [2.24, 2.45) is 0 Å². The summed E-state index contributed by atoms with van der Waals surface area (Å²) >= 11 is 9.63. The fraction of sp³-hybridized carbons (Fsp3) is 0.550. The van der Waals surface area contributed by atoms with Gasteiger partial charge in [0.1, 0.15) is 18.3 Å². The Hall–Kier alpha value is -1.68. The first-order valence-electron chi connectivity index (χ1n) is 9.27. The van der Waals surface area contributed by atoms with Gasteiger partial charge in [-0.1, -0.05) is 33.6 Å². The summed E-state index contributed by atoms with van der Waals surface area (Å²) in [6, 6.07) is 5.15. The average molecular weight is 506 g/mol. The van der Waals surface area contributed by atoms with Crippen LogP contribution in [0.25, 0.3) is 0 Å². The van der Waals surface area contributed by atoms with Crippen LogP contribution in [-0.2, 0) is 49.2 Å². The van der Waals surface area contributed by atoms with Crippen LogP contribution in [0.5, 0.6) is 0 Å². The van der Waals surface area contributed by atoms with Crippen LogP contribution in [0.15, 0.2) is 18.2 Å². The molecule has 0 unspecified atom stereocenters. The van der Waals surface area contributed by atoms with Crippen LogP contribution in [0.2, 0.25) is 5.02 Å². The highest BCUT2D eigenvalue weighted by atomic mass is 79.9. The number of fused-ring (bicyclic) bond motifs is 2. The zero-order chi connectivity index (χ0) is 22.1. The maximum atomic E-state index is 11.9. The zero-order valence-electron chi connectivity index (χ0n) is 16.7. The predicted octanol–water partition coefficient (Wildman–Crippen LogP) is 3.00. The van der Waals surface area contributed by atoms with Crippen molar-refractivity contribution in [3.8, 4) is 0 Å². The summed E-state index contributed by atoms with van der Waals surface area (Å²) in [5, 5.41) is 1.01. The first-order valence-corrected chi connectivity index (χ1v) is 10.8. The van der Waals surface area contributed by atoms with E-state index in [4.69, 9.17) is 35.3 Å². The third-order valence-electron chi connectivity index (χ3n) is 4.94. The molecule has 3 rings (SSSR count). The summed E-state index contributed by atoms with van der Waals surface area (Å²) in [5.74, 6) is -3.18. The number of ether oxygens (including phenoxy) is 5. The van der Waals surface area contributed by atoms with E-state index in [9.17, 15) is 14.4 Å². The number of alkyl halides is 1. The first-order chi connectivity index (χ1) is 14.1. The molecule has 10 heteroatoms. The molecule has 2 saturated heterocycles. The van der Waals surface area contributed by atoms with Gasteiger partial charge in [0.05, 0.1) is 6.61 Å². The maximum absolute atomic E-state index is 11.9. The molecule has 0 aromatic heterocycles. The molecule has 2 aliphatic rings. The summed E-state index contributed by atoms with van der Waals surface area (Å²) in [6.45, 7) is 3.74. The van der Waals surface area contributed by atoms with Crippen LogP contribution in [-0.4, -0.2) is 48.9 Å². The van der Waals surface area contributed by atoms with Crippen LogP contribution in [0.1, 0.15) is 38.3 Å². The highest BCUT2D eigenvalue weighted by Gasteiger charge is 2.66. The van der Waals surface area contributed by atoms with Crippen LogP contribution in [0, 0.1) is 0 Å². The van der Waals surface area contributed by atoms with Gasteiger partial charge in [0.15, 0.2) is 6.10 Å². The third kappa shape index (κ3) is 4.49. The lowest BCUT2D eigenvalue weighted by Crippen LogP contribution is -2.59. The van der Waals surface area contributed by atoms with E-state index in [1.54, 1.807) is 18.2 Å². The molecule has 2 bridgehead atoms. The number of carbonyl (C=O) groups excluding carboxylic acids is 3. The number of benzene rings is 1. The maximum Gasteiger partial charge on any atom is 0.303 e. The monoisotopic (exact) mass is 504 g/mol. The highest BCUT2D eigenvalue weighted by molar-refractivity contribution is 9.08. The van der Waals surface area contributed by atoms with Crippen molar-refractivity contribution in [1.29, 1.82) is 0 Å². The molecule has 164 valence electrons. The van der Waals surface area contributed by atoms with Crippen molar-refractivity contribution in [1.82, 2.24) is 0 Å². The van der Waals surface area contributed by atoms with Gasteiger partial charge in [0.2, 0.25) is 5.79 Å². The standard InChI is InChI=1S/C20H22BrClO8/c1-11(23)26-9-19-7-17(28-12(2)24)18(29-13(3)25)20(30-19,27-10-19)15-4-5-16(22)14(6-15)8-21/h4-6,17-18H,7-10H2,1-3H3/t17-,18+,19-,20-/m0/s1. The summed E-state index contributed by atoms with van der Waals surface area (Å²) < 4.78 is 28.7. The van der Waals surface area contributed by atoms with Crippen molar-refractivity contribution in [2.45, 2.75) is 56.1 Å². The normalized spacial score (nSPS) is 29.9. The van der Waals surface area contributed by atoms with E-state index >= 15 is 0 Å². The molecule has 30 heavy (non-hydrogen) atoms. The van der Waals surface area contributed by atoms with E-state index in [1.165, 1.54) is 20.8 Å². The number of hydrogen-bond donors (Lipinski definition) is 0. The largest absolute Gasteiger partial charge is 0.463 e. The van der Waals surface area contributed by atoms with Gasteiger partial charge in [-0.2, -0.15) is 0 Å². The van der Waals surface area contributed by atoms with Gasteiger partial charge in [-0.25, -0.2) is 0 Å². The first kappa shape index (κ1) is 23.0. The molecule has 0 N–H and O–H groups in total.